The van der Waals surface area contributed by atoms with E-state index in [1.54, 1.807) is 24.3 Å². The molecule has 7 heteroatoms. The van der Waals surface area contributed by atoms with Crippen LogP contribution >= 0.6 is 0 Å². The number of furan rings is 1. The summed E-state index contributed by atoms with van der Waals surface area (Å²) in [7, 11) is 0. The molecule has 2 amide bonds. The Hall–Kier alpha value is -3.87. The van der Waals surface area contributed by atoms with Crippen LogP contribution in [0.15, 0.2) is 65.3 Å². The van der Waals surface area contributed by atoms with Crippen LogP contribution in [0.3, 0.4) is 0 Å². The Labute approximate surface area is 180 Å². The summed E-state index contributed by atoms with van der Waals surface area (Å²) >= 11 is 0. The van der Waals surface area contributed by atoms with Crippen molar-refractivity contribution in [2.24, 2.45) is 0 Å². The molecule has 0 radical (unpaired) electrons. The van der Waals surface area contributed by atoms with Crippen LogP contribution in [0.25, 0.3) is 0 Å². The third kappa shape index (κ3) is 5.60. The number of carbonyl (C=O) groups excluding carboxylic acids is 3. The average Bonchev–Trinajstić information content (AvgIpc) is 3.29. The summed E-state index contributed by atoms with van der Waals surface area (Å²) < 4.78 is 10.2. The van der Waals surface area contributed by atoms with Crippen LogP contribution < -0.4 is 10.6 Å². The Balaban J connectivity index is 1.55. The van der Waals surface area contributed by atoms with Crippen molar-refractivity contribution in [2.45, 2.75) is 26.7 Å². The molecule has 0 aliphatic carbocycles. The zero-order chi connectivity index (χ0) is 22.4. The lowest BCUT2D eigenvalue weighted by molar-refractivity contribution is -0.119. The summed E-state index contributed by atoms with van der Waals surface area (Å²) in [5, 5.41) is 5.50. The summed E-state index contributed by atoms with van der Waals surface area (Å²) in [6.45, 7) is 5.61. The monoisotopic (exact) mass is 420 g/mol. The molecule has 2 N–H and O–H groups in total. The summed E-state index contributed by atoms with van der Waals surface area (Å²) in [6, 6.07) is 15.2. The average molecular weight is 420 g/mol. The normalized spacial score (nSPS) is 10.6. The van der Waals surface area contributed by atoms with E-state index >= 15 is 0 Å². The molecular weight excluding hydrogens is 396 g/mol. The number of amides is 2. The third-order valence-electron chi connectivity index (χ3n) is 4.65. The van der Waals surface area contributed by atoms with Gasteiger partial charge >= 0.3 is 5.97 Å². The molecule has 31 heavy (non-hydrogen) atoms. The Morgan fingerprint density at radius 1 is 0.968 bits per heavy atom. The summed E-state index contributed by atoms with van der Waals surface area (Å²) in [6.07, 6.45) is 1.41. The van der Waals surface area contributed by atoms with Gasteiger partial charge in [-0.05, 0) is 60.4 Å². The van der Waals surface area contributed by atoms with Gasteiger partial charge in [0.2, 0.25) is 0 Å². The Morgan fingerprint density at radius 3 is 2.35 bits per heavy atom. The van der Waals surface area contributed by atoms with Gasteiger partial charge < -0.3 is 19.8 Å². The van der Waals surface area contributed by atoms with Crippen LogP contribution in [-0.4, -0.2) is 24.4 Å². The first kappa shape index (κ1) is 21.8. The summed E-state index contributed by atoms with van der Waals surface area (Å²) in [5.74, 6) is -1.01. The van der Waals surface area contributed by atoms with Crippen LogP contribution in [0, 0.1) is 6.92 Å². The molecule has 1 heterocycles. The molecule has 0 unspecified atom stereocenters. The van der Waals surface area contributed by atoms with Gasteiger partial charge in [-0.3, -0.25) is 9.59 Å². The Morgan fingerprint density at radius 2 is 1.71 bits per heavy atom. The minimum atomic E-state index is -0.632. The maximum absolute atomic E-state index is 12.3. The molecule has 0 aliphatic rings. The lowest BCUT2D eigenvalue weighted by Gasteiger charge is -2.16. The van der Waals surface area contributed by atoms with E-state index in [9.17, 15) is 14.4 Å². The van der Waals surface area contributed by atoms with Crippen molar-refractivity contribution in [1.82, 2.24) is 0 Å². The molecule has 0 atom stereocenters. The van der Waals surface area contributed by atoms with Gasteiger partial charge in [0, 0.05) is 11.4 Å². The minimum absolute atomic E-state index is 0.184. The highest BCUT2D eigenvalue weighted by Gasteiger charge is 2.15. The molecule has 160 valence electrons. The number of hydrogen-bond acceptors (Lipinski definition) is 5. The maximum atomic E-state index is 12.3. The van der Waals surface area contributed by atoms with Gasteiger partial charge in [-0.25, -0.2) is 4.79 Å². The van der Waals surface area contributed by atoms with Gasteiger partial charge in [0.1, 0.15) is 0 Å². The number of rotatable bonds is 7. The van der Waals surface area contributed by atoms with Crippen molar-refractivity contribution in [1.29, 1.82) is 0 Å². The molecule has 2 aromatic carbocycles. The fourth-order valence-corrected chi connectivity index (χ4v) is 3.02. The van der Waals surface area contributed by atoms with Crippen LogP contribution in [0.5, 0.6) is 0 Å². The van der Waals surface area contributed by atoms with Gasteiger partial charge in [0.05, 0.1) is 11.8 Å². The van der Waals surface area contributed by atoms with E-state index in [1.807, 2.05) is 39.0 Å². The minimum Gasteiger partial charge on any atom is -0.459 e. The first-order chi connectivity index (χ1) is 14.8. The lowest BCUT2D eigenvalue weighted by Crippen LogP contribution is -2.22. The van der Waals surface area contributed by atoms with Crippen LogP contribution in [-0.2, 0) is 9.53 Å². The standard InChI is InChI=1S/C24H24N2O5/c1-15(2)19-7-4-6-16(3)22(19)26-21(27)14-31-24(29)17-9-11-18(12-10-17)25-23(28)20-8-5-13-30-20/h4-13,15H,14H2,1-3H3,(H,25,28)(H,26,27). The van der Waals surface area contributed by atoms with Crippen molar-refractivity contribution < 1.29 is 23.5 Å². The van der Waals surface area contributed by atoms with Crippen LogP contribution in [0.1, 0.15) is 51.8 Å². The van der Waals surface area contributed by atoms with Gasteiger partial charge in [-0.15, -0.1) is 0 Å². The zero-order valence-corrected chi connectivity index (χ0v) is 17.6. The fraction of sp³-hybridized carbons (Fsp3) is 0.208. The largest absolute Gasteiger partial charge is 0.459 e. The molecule has 0 fully saturated rings. The zero-order valence-electron chi connectivity index (χ0n) is 17.6. The smallest absolute Gasteiger partial charge is 0.338 e. The van der Waals surface area contributed by atoms with E-state index in [1.165, 1.54) is 18.4 Å². The predicted molar refractivity (Wildman–Crippen MR) is 117 cm³/mol. The number of hydrogen-bond donors (Lipinski definition) is 2. The second-order valence-corrected chi connectivity index (χ2v) is 7.33. The van der Waals surface area contributed by atoms with Crippen molar-refractivity contribution in [3.63, 3.8) is 0 Å². The van der Waals surface area contributed by atoms with Gasteiger partial charge in [0.25, 0.3) is 11.8 Å². The first-order valence-electron chi connectivity index (χ1n) is 9.86. The molecule has 7 nitrogen and oxygen atoms in total. The van der Waals surface area contributed by atoms with Gasteiger partial charge in [0.15, 0.2) is 12.4 Å². The Kier molecular flexibility index (Phi) is 6.87. The lowest BCUT2D eigenvalue weighted by atomic mass is 9.98. The van der Waals surface area contributed by atoms with E-state index in [0.29, 0.717) is 5.69 Å². The third-order valence-corrected chi connectivity index (χ3v) is 4.65. The van der Waals surface area contributed by atoms with Crippen molar-refractivity contribution in [3.05, 3.63) is 83.3 Å². The summed E-state index contributed by atoms with van der Waals surface area (Å²) in [4.78, 5) is 36.5. The number of esters is 1. The molecule has 0 bridgehead atoms. The highest BCUT2D eigenvalue weighted by molar-refractivity contribution is 6.02. The maximum Gasteiger partial charge on any atom is 0.338 e. The van der Waals surface area contributed by atoms with E-state index in [-0.39, 0.29) is 17.2 Å². The number of ether oxygens (including phenoxy) is 1. The number of benzene rings is 2. The molecule has 0 aliphatic heterocycles. The van der Waals surface area contributed by atoms with E-state index in [2.05, 4.69) is 10.6 Å². The van der Waals surface area contributed by atoms with E-state index in [0.717, 1.165) is 16.8 Å². The number of aryl methyl sites for hydroxylation is 1. The van der Waals surface area contributed by atoms with Crippen LogP contribution in [0.2, 0.25) is 0 Å². The summed E-state index contributed by atoms with van der Waals surface area (Å²) in [5.41, 5.74) is 3.47. The topological polar surface area (TPSA) is 97.6 Å². The van der Waals surface area contributed by atoms with Gasteiger partial charge in [-0.2, -0.15) is 0 Å². The van der Waals surface area contributed by atoms with Crippen molar-refractivity contribution >= 4 is 29.2 Å². The second-order valence-electron chi connectivity index (χ2n) is 7.33. The highest BCUT2D eigenvalue weighted by atomic mass is 16.5. The fourth-order valence-electron chi connectivity index (χ4n) is 3.02. The van der Waals surface area contributed by atoms with Crippen molar-refractivity contribution in [2.75, 3.05) is 17.2 Å². The van der Waals surface area contributed by atoms with Gasteiger partial charge in [-0.1, -0.05) is 32.0 Å². The molecule has 3 aromatic rings. The number of carbonyl (C=O) groups is 3. The molecule has 0 saturated carbocycles. The van der Waals surface area contributed by atoms with Crippen LogP contribution in [0.4, 0.5) is 11.4 Å². The highest BCUT2D eigenvalue weighted by Crippen LogP contribution is 2.27. The molecule has 3 rings (SSSR count). The molecular formula is C24H24N2O5. The molecule has 0 spiro atoms. The quantitative estimate of drug-likeness (QED) is 0.537. The number of para-hydroxylation sites is 1. The first-order valence-corrected chi connectivity index (χ1v) is 9.86. The molecule has 1 aromatic heterocycles. The predicted octanol–water partition coefficient (Wildman–Crippen LogP) is 4.76. The van der Waals surface area contributed by atoms with Crippen molar-refractivity contribution in [3.8, 4) is 0 Å². The number of nitrogens with one attached hydrogen (secondary N) is 2. The van der Waals surface area contributed by atoms with E-state index < -0.39 is 24.4 Å². The van der Waals surface area contributed by atoms with E-state index in [4.69, 9.17) is 9.15 Å². The number of anilines is 2. The Bertz CT molecular complexity index is 1070. The second kappa shape index (κ2) is 9.75. The SMILES string of the molecule is Cc1cccc(C(C)C)c1NC(=O)COC(=O)c1ccc(NC(=O)c2ccco2)cc1. The molecule has 0 saturated heterocycles.